The largest absolute Gasteiger partial charge is 0.391 e. The molecule has 0 spiro atoms. The van der Waals surface area contributed by atoms with Crippen molar-refractivity contribution >= 4 is 21.4 Å². The van der Waals surface area contributed by atoms with Crippen molar-refractivity contribution in [1.29, 1.82) is 0 Å². The van der Waals surface area contributed by atoms with Crippen LogP contribution in [-0.2, 0) is 29.5 Å². The van der Waals surface area contributed by atoms with E-state index in [-0.39, 0.29) is 17.5 Å². The van der Waals surface area contributed by atoms with Crippen LogP contribution >= 0.6 is 11.3 Å². The van der Waals surface area contributed by atoms with Gasteiger partial charge in [0.15, 0.2) is 0 Å². The minimum atomic E-state index is -3.50. The maximum atomic E-state index is 12.4. The number of fused-ring (bicyclic) bond motifs is 1. The molecule has 1 aliphatic carbocycles. The van der Waals surface area contributed by atoms with Gasteiger partial charge in [0.2, 0.25) is 10.0 Å². The highest BCUT2D eigenvalue weighted by Crippen LogP contribution is 2.24. The van der Waals surface area contributed by atoms with Gasteiger partial charge in [-0.1, -0.05) is 24.3 Å². The molecule has 0 bridgehead atoms. The van der Waals surface area contributed by atoms with Gasteiger partial charge in [-0.05, 0) is 36.5 Å². The second-order valence-corrected chi connectivity index (χ2v) is 7.95. The van der Waals surface area contributed by atoms with Crippen LogP contribution in [0, 0.1) is 0 Å². The van der Waals surface area contributed by atoms with E-state index in [9.17, 15) is 8.42 Å². The first-order valence-corrected chi connectivity index (χ1v) is 9.22. The Morgan fingerprint density at radius 1 is 1.29 bits per heavy atom. The van der Waals surface area contributed by atoms with E-state index in [0.29, 0.717) is 4.88 Å². The molecule has 0 radical (unpaired) electrons. The number of nitrogens with one attached hydrogen (secondary N) is 1. The van der Waals surface area contributed by atoms with Crippen LogP contribution in [0.15, 0.2) is 40.6 Å². The predicted molar refractivity (Wildman–Crippen MR) is 82.8 cm³/mol. The number of thiophene rings is 1. The van der Waals surface area contributed by atoms with E-state index in [2.05, 4.69) is 16.9 Å². The molecule has 0 amide bonds. The van der Waals surface area contributed by atoms with E-state index in [4.69, 9.17) is 5.11 Å². The summed E-state index contributed by atoms with van der Waals surface area (Å²) in [6.07, 6.45) is 2.44. The van der Waals surface area contributed by atoms with Crippen LogP contribution in [0.25, 0.3) is 0 Å². The van der Waals surface area contributed by atoms with Crippen molar-refractivity contribution in [3.05, 3.63) is 51.7 Å². The first kappa shape index (κ1) is 14.7. The third kappa shape index (κ3) is 3.18. The first-order valence-electron chi connectivity index (χ1n) is 6.86. The predicted octanol–water partition coefficient (Wildman–Crippen LogP) is 2.08. The average Bonchev–Trinajstić information content (AvgIpc) is 2.96. The summed E-state index contributed by atoms with van der Waals surface area (Å²) in [5, 5.41) is 10.6. The van der Waals surface area contributed by atoms with Gasteiger partial charge in [-0.2, -0.15) is 0 Å². The minimum Gasteiger partial charge on any atom is -0.391 e. The summed E-state index contributed by atoms with van der Waals surface area (Å²) in [6.45, 7) is -0.128. The van der Waals surface area contributed by atoms with E-state index in [0.717, 1.165) is 19.3 Å². The average molecular weight is 323 g/mol. The fourth-order valence-electron chi connectivity index (χ4n) is 2.67. The molecule has 1 aliphatic rings. The van der Waals surface area contributed by atoms with E-state index >= 15 is 0 Å². The van der Waals surface area contributed by atoms with Crippen molar-refractivity contribution in [2.75, 3.05) is 0 Å². The summed E-state index contributed by atoms with van der Waals surface area (Å²) in [5.74, 6) is 0. The summed E-state index contributed by atoms with van der Waals surface area (Å²) < 4.78 is 27.5. The van der Waals surface area contributed by atoms with Crippen LogP contribution in [-0.4, -0.2) is 19.6 Å². The Hall–Kier alpha value is -1.21. The lowest BCUT2D eigenvalue weighted by molar-refractivity contribution is 0.285. The van der Waals surface area contributed by atoms with Crippen molar-refractivity contribution in [3.63, 3.8) is 0 Å². The van der Waals surface area contributed by atoms with Gasteiger partial charge in [-0.3, -0.25) is 0 Å². The van der Waals surface area contributed by atoms with Crippen LogP contribution in [0.2, 0.25) is 0 Å². The topological polar surface area (TPSA) is 66.4 Å². The van der Waals surface area contributed by atoms with Gasteiger partial charge in [0, 0.05) is 16.3 Å². The molecule has 0 fully saturated rings. The first-order chi connectivity index (χ1) is 10.1. The van der Waals surface area contributed by atoms with Crippen LogP contribution in [0.1, 0.15) is 22.4 Å². The molecule has 112 valence electrons. The summed E-state index contributed by atoms with van der Waals surface area (Å²) in [6, 6.07) is 9.63. The number of rotatable bonds is 4. The molecule has 1 unspecified atom stereocenters. The second-order valence-electron chi connectivity index (χ2n) is 5.24. The standard InChI is InChI=1S/C15H17NO3S2/c17-9-14-8-15(10-20-14)21(18,19)16-13-6-5-11-3-1-2-4-12(11)7-13/h1-4,8,10,13,16-17H,5-7,9H2. The molecular weight excluding hydrogens is 306 g/mol. The number of aryl methyl sites for hydroxylation is 1. The fraction of sp³-hybridized carbons (Fsp3) is 0.333. The third-order valence-electron chi connectivity index (χ3n) is 3.76. The number of hydrogen-bond donors (Lipinski definition) is 2. The zero-order valence-corrected chi connectivity index (χ0v) is 13.1. The zero-order valence-electron chi connectivity index (χ0n) is 11.5. The van der Waals surface area contributed by atoms with Gasteiger partial charge in [-0.15, -0.1) is 11.3 Å². The zero-order chi connectivity index (χ0) is 14.9. The highest BCUT2D eigenvalue weighted by molar-refractivity contribution is 7.89. The molecule has 2 aromatic rings. The van der Waals surface area contributed by atoms with Crippen molar-refractivity contribution in [1.82, 2.24) is 4.72 Å². The van der Waals surface area contributed by atoms with Crippen molar-refractivity contribution in [2.45, 2.75) is 36.8 Å². The molecule has 2 N–H and O–H groups in total. The normalized spacial score (nSPS) is 18.4. The number of aliphatic hydroxyl groups is 1. The number of hydrogen-bond acceptors (Lipinski definition) is 4. The molecule has 1 aromatic carbocycles. The lowest BCUT2D eigenvalue weighted by Crippen LogP contribution is -2.38. The summed E-state index contributed by atoms with van der Waals surface area (Å²) >= 11 is 1.26. The highest BCUT2D eigenvalue weighted by Gasteiger charge is 2.24. The number of benzene rings is 1. The molecule has 6 heteroatoms. The minimum absolute atomic E-state index is 0.0672. The molecule has 0 saturated heterocycles. The molecule has 21 heavy (non-hydrogen) atoms. The lowest BCUT2D eigenvalue weighted by atomic mass is 9.89. The Kier molecular flexibility index (Phi) is 4.12. The third-order valence-corrected chi connectivity index (χ3v) is 6.34. The van der Waals surface area contributed by atoms with Gasteiger partial charge < -0.3 is 5.11 Å². The molecule has 0 saturated carbocycles. The Balaban J connectivity index is 1.75. The molecule has 1 heterocycles. The SMILES string of the molecule is O=S(=O)(NC1CCc2ccccc2C1)c1csc(CO)c1. The van der Waals surface area contributed by atoms with Crippen molar-refractivity contribution in [3.8, 4) is 0 Å². The Labute approximate surface area is 128 Å². The van der Waals surface area contributed by atoms with Gasteiger partial charge >= 0.3 is 0 Å². The maximum absolute atomic E-state index is 12.4. The summed E-state index contributed by atoms with van der Waals surface area (Å²) in [5.41, 5.74) is 2.53. The Morgan fingerprint density at radius 2 is 2.05 bits per heavy atom. The van der Waals surface area contributed by atoms with Crippen LogP contribution < -0.4 is 4.72 Å². The highest BCUT2D eigenvalue weighted by atomic mass is 32.2. The maximum Gasteiger partial charge on any atom is 0.241 e. The smallest absolute Gasteiger partial charge is 0.241 e. The van der Waals surface area contributed by atoms with Gasteiger partial charge in [0.05, 0.1) is 11.5 Å². The lowest BCUT2D eigenvalue weighted by Gasteiger charge is -2.25. The summed E-state index contributed by atoms with van der Waals surface area (Å²) in [4.78, 5) is 0.903. The molecular formula is C15H17NO3S2. The quantitative estimate of drug-likeness (QED) is 0.905. The van der Waals surface area contributed by atoms with Gasteiger partial charge in [-0.25, -0.2) is 13.1 Å². The van der Waals surface area contributed by atoms with E-state index < -0.39 is 10.0 Å². The fourth-order valence-corrected chi connectivity index (χ4v) is 5.07. The van der Waals surface area contributed by atoms with Crippen molar-refractivity contribution in [2.24, 2.45) is 0 Å². The molecule has 4 nitrogen and oxygen atoms in total. The molecule has 3 rings (SSSR count). The Morgan fingerprint density at radius 3 is 2.76 bits per heavy atom. The van der Waals surface area contributed by atoms with Crippen LogP contribution in [0.3, 0.4) is 0 Å². The van der Waals surface area contributed by atoms with Gasteiger partial charge in [0.25, 0.3) is 0 Å². The van der Waals surface area contributed by atoms with Crippen LogP contribution in [0.5, 0.6) is 0 Å². The monoisotopic (exact) mass is 323 g/mol. The number of sulfonamides is 1. The Bertz CT molecular complexity index is 737. The van der Waals surface area contributed by atoms with Crippen molar-refractivity contribution < 1.29 is 13.5 Å². The summed E-state index contributed by atoms with van der Waals surface area (Å²) in [7, 11) is -3.50. The van der Waals surface area contributed by atoms with Crippen LogP contribution in [0.4, 0.5) is 0 Å². The molecule has 1 atom stereocenters. The second kappa shape index (κ2) is 5.88. The molecule has 0 aliphatic heterocycles. The van der Waals surface area contributed by atoms with Gasteiger partial charge in [0.1, 0.15) is 0 Å². The van der Waals surface area contributed by atoms with E-state index in [1.165, 1.54) is 28.5 Å². The number of aliphatic hydroxyl groups excluding tert-OH is 1. The van der Waals surface area contributed by atoms with E-state index in [1.807, 2.05) is 12.1 Å². The van der Waals surface area contributed by atoms with E-state index in [1.54, 1.807) is 5.38 Å². The molecule has 1 aromatic heterocycles.